The third-order valence-electron chi connectivity index (χ3n) is 1.97. The minimum atomic E-state index is -0.719. The lowest BCUT2D eigenvalue weighted by Crippen LogP contribution is -2.05. The first-order chi connectivity index (χ1) is 7.15. The molecule has 1 rings (SSSR count). The molecule has 0 amide bonds. The maximum Gasteiger partial charge on any atom is 0.149 e. The Morgan fingerprint density at radius 1 is 1.33 bits per heavy atom. The summed E-state index contributed by atoms with van der Waals surface area (Å²) in [5.74, 6) is -1.44. The zero-order valence-electron chi connectivity index (χ0n) is 8.56. The molecule has 0 aromatic heterocycles. The smallest absolute Gasteiger partial charge is 0.149 e. The van der Waals surface area contributed by atoms with E-state index in [2.05, 4.69) is 5.32 Å². The van der Waals surface area contributed by atoms with Crippen molar-refractivity contribution >= 4 is 11.8 Å². The zero-order chi connectivity index (χ0) is 11.3. The van der Waals surface area contributed by atoms with Gasteiger partial charge in [-0.05, 0) is 37.7 Å². The molecule has 0 saturated carbocycles. The summed E-state index contributed by atoms with van der Waals surface area (Å²) >= 11 is 0. The lowest BCUT2D eigenvalue weighted by molar-refractivity contribution is 0.591. The predicted octanol–water partition coefficient (Wildman–Crippen LogP) is 2.17. The van der Waals surface area contributed by atoms with Gasteiger partial charge in [0, 0.05) is 0 Å². The minimum absolute atomic E-state index is 0.428. The molecule has 0 aliphatic carbocycles. The third kappa shape index (κ3) is 3.32. The summed E-state index contributed by atoms with van der Waals surface area (Å²) in [6, 6.07) is 2.43. The number of nitrogen functional groups attached to an aromatic ring is 1. The standard InChI is InChI=1S/C11H14F2N2/c1-15-5-3-2-4-8-6-9(12)11(14)10(13)7-8/h2,4,6-7,15H,3,5,14H2,1H3. The average molecular weight is 212 g/mol. The number of hydrogen-bond donors (Lipinski definition) is 2. The van der Waals surface area contributed by atoms with E-state index in [0.717, 1.165) is 13.0 Å². The van der Waals surface area contributed by atoms with E-state index in [4.69, 9.17) is 5.73 Å². The molecule has 4 heteroatoms. The van der Waals surface area contributed by atoms with Gasteiger partial charge in [-0.3, -0.25) is 0 Å². The summed E-state index contributed by atoms with van der Waals surface area (Å²) in [5.41, 5.74) is 5.20. The first-order valence-corrected chi connectivity index (χ1v) is 4.71. The highest BCUT2D eigenvalue weighted by Crippen LogP contribution is 2.18. The van der Waals surface area contributed by atoms with Crippen molar-refractivity contribution in [3.05, 3.63) is 35.4 Å². The molecule has 0 aliphatic heterocycles. The van der Waals surface area contributed by atoms with Crippen LogP contribution in [0.25, 0.3) is 6.08 Å². The molecule has 0 aliphatic rings. The molecule has 82 valence electrons. The number of hydrogen-bond acceptors (Lipinski definition) is 2. The molecule has 0 fully saturated rings. The first-order valence-electron chi connectivity index (χ1n) is 4.71. The SMILES string of the molecule is CNCCC=Cc1cc(F)c(N)c(F)c1. The van der Waals surface area contributed by atoms with Crippen molar-refractivity contribution in [3.63, 3.8) is 0 Å². The quantitative estimate of drug-likeness (QED) is 0.593. The molecule has 1 aromatic rings. The molecular weight excluding hydrogens is 198 g/mol. The Labute approximate surface area is 87.8 Å². The predicted molar refractivity (Wildman–Crippen MR) is 58.3 cm³/mol. The second kappa shape index (κ2) is 5.46. The zero-order valence-corrected chi connectivity index (χ0v) is 8.56. The van der Waals surface area contributed by atoms with Gasteiger partial charge in [0.2, 0.25) is 0 Å². The molecule has 0 atom stereocenters. The summed E-state index contributed by atoms with van der Waals surface area (Å²) < 4.78 is 26.0. The van der Waals surface area contributed by atoms with Crippen LogP contribution < -0.4 is 11.1 Å². The average Bonchev–Trinajstić information content (AvgIpc) is 2.21. The van der Waals surface area contributed by atoms with Crippen molar-refractivity contribution in [3.8, 4) is 0 Å². The Hall–Kier alpha value is -1.42. The van der Waals surface area contributed by atoms with Gasteiger partial charge in [-0.1, -0.05) is 12.2 Å². The van der Waals surface area contributed by atoms with E-state index in [1.807, 2.05) is 13.1 Å². The number of benzene rings is 1. The lowest BCUT2D eigenvalue weighted by atomic mass is 10.1. The van der Waals surface area contributed by atoms with Gasteiger partial charge in [0.25, 0.3) is 0 Å². The van der Waals surface area contributed by atoms with E-state index < -0.39 is 17.3 Å². The van der Waals surface area contributed by atoms with E-state index >= 15 is 0 Å². The maximum absolute atomic E-state index is 13.0. The van der Waals surface area contributed by atoms with Gasteiger partial charge in [0.15, 0.2) is 0 Å². The van der Waals surface area contributed by atoms with Crippen molar-refractivity contribution in [2.45, 2.75) is 6.42 Å². The van der Waals surface area contributed by atoms with Gasteiger partial charge in [-0.2, -0.15) is 0 Å². The molecule has 0 radical (unpaired) electrons. The largest absolute Gasteiger partial charge is 0.394 e. The summed E-state index contributed by atoms with van der Waals surface area (Å²) in [7, 11) is 1.84. The van der Waals surface area contributed by atoms with Crippen LogP contribution in [-0.2, 0) is 0 Å². The van der Waals surface area contributed by atoms with Crippen molar-refractivity contribution in [2.24, 2.45) is 0 Å². The van der Waals surface area contributed by atoms with Crippen LogP contribution in [0.1, 0.15) is 12.0 Å². The molecule has 0 unspecified atom stereocenters. The number of anilines is 1. The van der Waals surface area contributed by atoms with E-state index in [9.17, 15) is 8.78 Å². The van der Waals surface area contributed by atoms with Crippen LogP contribution in [0, 0.1) is 11.6 Å². The number of nitrogens with two attached hydrogens (primary N) is 1. The molecule has 2 nitrogen and oxygen atoms in total. The second-order valence-electron chi connectivity index (χ2n) is 3.19. The molecule has 0 spiro atoms. The minimum Gasteiger partial charge on any atom is -0.394 e. The topological polar surface area (TPSA) is 38.0 Å². The third-order valence-corrected chi connectivity index (χ3v) is 1.97. The van der Waals surface area contributed by atoms with Gasteiger partial charge < -0.3 is 11.1 Å². The molecule has 0 bridgehead atoms. The van der Waals surface area contributed by atoms with E-state index in [1.54, 1.807) is 6.08 Å². The van der Waals surface area contributed by atoms with Gasteiger partial charge in [0.1, 0.15) is 17.3 Å². The van der Waals surface area contributed by atoms with Gasteiger partial charge in [-0.15, -0.1) is 0 Å². The van der Waals surface area contributed by atoms with E-state index in [0.29, 0.717) is 5.56 Å². The molecule has 3 N–H and O–H groups in total. The molecular formula is C11H14F2N2. The summed E-state index contributed by atoms with van der Waals surface area (Å²) in [4.78, 5) is 0. The fourth-order valence-electron chi connectivity index (χ4n) is 1.15. The van der Waals surface area contributed by atoms with E-state index in [1.165, 1.54) is 12.1 Å². The second-order valence-corrected chi connectivity index (χ2v) is 3.19. The fraction of sp³-hybridized carbons (Fsp3) is 0.273. The van der Waals surface area contributed by atoms with Gasteiger partial charge in [-0.25, -0.2) is 8.78 Å². The van der Waals surface area contributed by atoms with Crippen molar-refractivity contribution in [1.29, 1.82) is 0 Å². The highest BCUT2D eigenvalue weighted by molar-refractivity contribution is 5.54. The van der Waals surface area contributed by atoms with Crippen molar-refractivity contribution in [2.75, 3.05) is 19.3 Å². The molecule has 1 aromatic carbocycles. The molecule has 0 saturated heterocycles. The van der Waals surface area contributed by atoms with Gasteiger partial charge >= 0.3 is 0 Å². The highest BCUT2D eigenvalue weighted by Gasteiger charge is 2.05. The van der Waals surface area contributed by atoms with Crippen LogP contribution in [0.4, 0.5) is 14.5 Å². The van der Waals surface area contributed by atoms with Gasteiger partial charge in [0.05, 0.1) is 0 Å². The van der Waals surface area contributed by atoms with Crippen LogP contribution >= 0.6 is 0 Å². The fourth-order valence-corrected chi connectivity index (χ4v) is 1.15. The number of rotatable bonds is 4. The Morgan fingerprint density at radius 2 is 1.93 bits per heavy atom. The first kappa shape index (κ1) is 11.7. The number of nitrogens with one attached hydrogen (secondary N) is 1. The maximum atomic E-state index is 13.0. The summed E-state index contributed by atoms with van der Waals surface area (Å²) in [5, 5.41) is 2.97. The summed E-state index contributed by atoms with van der Waals surface area (Å²) in [6.45, 7) is 0.830. The normalized spacial score (nSPS) is 11.1. The highest BCUT2D eigenvalue weighted by atomic mass is 19.1. The van der Waals surface area contributed by atoms with Crippen LogP contribution in [0.15, 0.2) is 18.2 Å². The molecule has 15 heavy (non-hydrogen) atoms. The van der Waals surface area contributed by atoms with Crippen LogP contribution in [0.3, 0.4) is 0 Å². The Kier molecular flexibility index (Phi) is 4.24. The van der Waals surface area contributed by atoms with Crippen LogP contribution in [-0.4, -0.2) is 13.6 Å². The number of halogens is 2. The van der Waals surface area contributed by atoms with Crippen molar-refractivity contribution in [1.82, 2.24) is 5.32 Å². The van der Waals surface area contributed by atoms with E-state index in [-0.39, 0.29) is 0 Å². The van der Waals surface area contributed by atoms with Crippen LogP contribution in [0.5, 0.6) is 0 Å². The van der Waals surface area contributed by atoms with Crippen molar-refractivity contribution < 1.29 is 8.78 Å². The Balaban J connectivity index is 2.74. The monoisotopic (exact) mass is 212 g/mol. The molecule has 0 heterocycles. The lowest BCUT2D eigenvalue weighted by Gasteiger charge is -2.00. The Morgan fingerprint density at radius 3 is 2.47 bits per heavy atom. The van der Waals surface area contributed by atoms with Crippen LogP contribution in [0.2, 0.25) is 0 Å². The summed E-state index contributed by atoms with van der Waals surface area (Å²) in [6.07, 6.45) is 4.33. The Bertz CT molecular complexity index is 339.